The number of aliphatic hydroxyl groups excluding tert-OH is 1. The topological polar surface area (TPSA) is 20.2 Å². The molecular weight excluding hydrogens is 160 g/mol. The summed E-state index contributed by atoms with van der Waals surface area (Å²) in [7, 11) is 0. The van der Waals surface area contributed by atoms with E-state index in [0.29, 0.717) is 17.4 Å². The van der Waals surface area contributed by atoms with Gasteiger partial charge in [-0.1, -0.05) is 27.2 Å². The second-order valence-corrected chi connectivity index (χ2v) is 5.79. The molecule has 0 spiro atoms. The van der Waals surface area contributed by atoms with Crippen molar-refractivity contribution >= 4 is 0 Å². The van der Waals surface area contributed by atoms with Crippen LogP contribution in [0.3, 0.4) is 0 Å². The smallest absolute Gasteiger partial charge is 0.0498 e. The number of hydrogen-bond donors (Lipinski definition) is 1. The van der Waals surface area contributed by atoms with E-state index in [9.17, 15) is 5.11 Å². The Kier molecular flexibility index (Phi) is 1.83. The van der Waals surface area contributed by atoms with Crippen LogP contribution in [0.5, 0.6) is 0 Å². The Hall–Kier alpha value is -0.0400. The Morgan fingerprint density at radius 2 is 1.77 bits per heavy atom. The molecule has 0 aromatic rings. The molecule has 1 N–H and O–H groups in total. The normalized spacial score (nSPS) is 39.7. The van der Waals surface area contributed by atoms with Gasteiger partial charge in [-0.15, -0.1) is 0 Å². The molecule has 2 saturated carbocycles. The molecule has 2 aliphatic rings. The SMILES string of the molecule is CCC1(C2(CO)CC2(C)C)CCC1. The van der Waals surface area contributed by atoms with Gasteiger partial charge in [0.2, 0.25) is 0 Å². The minimum absolute atomic E-state index is 0.285. The fraction of sp³-hybridized carbons (Fsp3) is 1.00. The molecule has 1 nitrogen and oxygen atoms in total. The molecule has 0 aliphatic heterocycles. The number of rotatable bonds is 3. The van der Waals surface area contributed by atoms with Crippen LogP contribution in [-0.4, -0.2) is 11.7 Å². The summed E-state index contributed by atoms with van der Waals surface area (Å²) in [6.07, 6.45) is 6.59. The molecule has 0 bridgehead atoms. The van der Waals surface area contributed by atoms with Gasteiger partial charge < -0.3 is 5.11 Å². The molecule has 2 fully saturated rings. The largest absolute Gasteiger partial charge is 0.396 e. The summed E-state index contributed by atoms with van der Waals surface area (Å²) in [5.41, 5.74) is 1.19. The first-order valence-corrected chi connectivity index (χ1v) is 5.64. The fourth-order valence-electron chi connectivity index (χ4n) is 3.83. The van der Waals surface area contributed by atoms with E-state index in [0.717, 1.165) is 0 Å². The van der Waals surface area contributed by atoms with Gasteiger partial charge >= 0.3 is 0 Å². The average Bonchev–Trinajstić information content (AvgIpc) is 2.54. The molecule has 0 aromatic carbocycles. The highest BCUT2D eigenvalue weighted by atomic mass is 16.3. The molecule has 76 valence electrons. The lowest BCUT2D eigenvalue weighted by molar-refractivity contribution is -0.0320. The summed E-state index contributed by atoms with van der Waals surface area (Å²) in [5, 5.41) is 9.62. The molecule has 0 heterocycles. The maximum atomic E-state index is 9.62. The highest BCUT2D eigenvalue weighted by molar-refractivity contribution is 5.19. The first-order valence-electron chi connectivity index (χ1n) is 5.64. The van der Waals surface area contributed by atoms with Crippen molar-refractivity contribution in [3.63, 3.8) is 0 Å². The predicted octanol–water partition coefficient (Wildman–Crippen LogP) is 2.98. The van der Waals surface area contributed by atoms with Crippen molar-refractivity contribution in [2.75, 3.05) is 6.61 Å². The zero-order valence-electron chi connectivity index (χ0n) is 9.19. The molecule has 0 saturated heterocycles. The van der Waals surface area contributed by atoms with Gasteiger partial charge in [0.05, 0.1) is 0 Å². The molecule has 2 aliphatic carbocycles. The van der Waals surface area contributed by atoms with Crippen molar-refractivity contribution in [2.45, 2.75) is 52.9 Å². The summed E-state index contributed by atoms with van der Waals surface area (Å²) in [5.74, 6) is 0. The van der Waals surface area contributed by atoms with Gasteiger partial charge in [-0.2, -0.15) is 0 Å². The predicted molar refractivity (Wildman–Crippen MR) is 54.5 cm³/mol. The van der Waals surface area contributed by atoms with Gasteiger partial charge in [0.25, 0.3) is 0 Å². The first-order chi connectivity index (χ1) is 6.04. The highest BCUT2D eigenvalue weighted by Gasteiger charge is 2.71. The summed E-state index contributed by atoms with van der Waals surface area (Å²) in [6, 6.07) is 0. The van der Waals surface area contributed by atoms with Crippen LogP contribution >= 0.6 is 0 Å². The minimum atomic E-state index is 0.285. The summed E-state index contributed by atoms with van der Waals surface area (Å²) in [4.78, 5) is 0. The summed E-state index contributed by atoms with van der Waals surface area (Å²) >= 11 is 0. The molecular formula is C12H22O. The van der Waals surface area contributed by atoms with Crippen LogP contribution < -0.4 is 0 Å². The van der Waals surface area contributed by atoms with Gasteiger partial charge in [0, 0.05) is 12.0 Å². The van der Waals surface area contributed by atoms with E-state index >= 15 is 0 Å². The fourth-order valence-corrected chi connectivity index (χ4v) is 3.83. The first kappa shape index (κ1) is 9.51. The third-order valence-corrected chi connectivity index (χ3v) is 5.19. The highest BCUT2D eigenvalue weighted by Crippen LogP contribution is 2.77. The number of aliphatic hydroxyl groups is 1. The van der Waals surface area contributed by atoms with Gasteiger partial charge in [0.15, 0.2) is 0 Å². The second-order valence-electron chi connectivity index (χ2n) is 5.79. The van der Waals surface area contributed by atoms with Crippen molar-refractivity contribution in [3.8, 4) is 0 Å². The van der Waals surface area contributed by atoms with Crippen LogP contribution in [0.15, 0.2) is 0 Å². The van der Waals surface area contributed by atoms with Crippen LogP contribution in [-0.2, 0) is 0 Å². The minimum Gasteiger partial charge on any atom is -0.396 e. The molecule has 0 radical (unpaired) electrons. The van der Waals surface area contributed by atoms with Crippen molar-refractivity contribution in [1.82, 2.24) is 0 Å². The van der Waals surface area contributed by atoms with E-state index in [1.807, 2.05) is 0 Å². The molecule has 0 amide bonds. The lowest BCUT2D eigenvalue weighted by Crippen LogP contribution is -2.43. The van der Waals surface area contributed by atoms with Crippen LogP contribution in [0, 0.1) is 16.2 Å². The molecule has 0 aromatic heterocycles. The molecule has 1 heteroatoms. The summed E-state index contributed by atoms with van der Waals surface area (Å²) < 4.78 is 0. The Labute approximate surface area is 81.5 Å². The third-order valence-electron chi connectivity index (χ3n) is 5.19. The zero-order valence-corrected chi connectivity index (χ0v) is 9.19. The Morgan fingerprint density at radius 3 is 1.85 bits per heavy atom. The van der Waals surface area contributed by atoms with E-state index < -0.39 is 0 Å². The van der Waals surface area contributed by atoms with Crippen LogP contribution in [0.4, 0.5) is 0 Å². The lowest BCUT2D eigenvalue weighted by Gasteiger charge is -2.49. The van der Waals surface area contributed by atoms with Gasteiger partial charge in [0.1, 0.15) is 0 Å². The number of hydrogen-bond acceptors (Lipinski definition) is 1. The second kappa shape index (κ2) is 2.50. The van der Waals surface area contributed by atoms with Crippen molar-refractivity contribution < 1.29 is 5.11 Å². The third kappa shape index (κ3) is 0.918. The van der Waals surface area contributed by atoms with Gasteiger partial charge in [-0.25, -0.2) is 0 Å². The Morgan fingerprint density at radius 1 is 1.23 bits per heavy atom. The molecule has 2 rings (SSSR count). The quantitative estimate of drug-likeness (QED) is 0.711. The Balaban J connectivity index is 2.23. The monoisotopic (exact) mass is 182 g/mol. The van der Waals surface area contributed by atoms with Crippen molar-refractivity contribution in [1.29, 1.82) is 0 Å². The lowest BCUT2D eigenvalue weighted by atomic mass is 9.56. The van der Waals surface area contributed by atoms with E-state index in [1.165, 1.54) is 32.1 Å². The molecule has 1 unspecified atom stereocenters. The van der Waals surface area contributed by atoms with E-state index in [-0.39, 0.29) is 5.41 Å². The zero-order chi connectivity index (χ0) is 9.74. The van der Waals surface area contributed by atoms with Gasteiger partial charge in [-0.05, 0) is 36.5 Å². The van der Waals surface area contributed by atoms with Crippen LogP contribution in [0.1, 0.15) is 52.9 Å². The maximum Gasteiger partial charge on any atom is 0.0498 e. The maximum absolute atomic E-state index is 9.62. The van der Waals surface area contributed by atoms with E-state index in [4.69, 9.17) is 0 Å². The summed E-state index contributed by atoms with van der Waals surface area (Å²) in [6.45, 7) is 7.34. The van der Waals surface area contributed by atoms with Crippen molar-refractivity contribution in [2.24, 2.45) is 16.2 Å². The van der Waals surface area contributed by atoms with Crippen LogP contribution in [0.2, 0.25) is 0 Å². The standard InChI is InChI=1S/C12H22O/c1-4-11(6-5-7-11)12(9-13)8-10(12,2)3/h13H,4-9H2,1-3H3. The Bertz CT molecular complexity index is 210. The van der Waals surface area contributed by atoms with Crippen LogP contribution in [0.25, 0.3) is 0 Å². The van der Waals surface area contributed by atoms with Crippen molar-refractivity contribution in [3.05, 3.63) is 0 Å². The van der Waals surface area contributed by atoms with E-state index in [2.05, 4.69) is 20.8 Å². The molecule has 13 heavy (non-hydrogen) atoms. The molecule has 1 atom stereocenters. The van der Waals surface area contributed by atoms with E-state index in [1.54, 1.807) is 0 Å². The average molecular weight is 182 g/mol. The van der Waals surface area contributed by atoms with Gasteiger partial charge in [-0.3, -0.25) is 0 Å².